The molecular formula is C12H23NO4. The lowest BCUT2D eigenvalue weighted by atomic mass is 9.79. The van der Waals surface area contributed by atoms with Gasteiger partial charge >= 0.3 is 5.97 Å². The van der Waals surface area contributed by atoms with Gasteiger partial charge in [-0.05, 0) is 19.3 Å². The van der Waals surface area contributed by atoms with Crippen molar-refractivity contribution in [3.05, 3.63) is 0 Å². The largest absolute Gasteiger partial charge is 0.481 e. The lowest BCUT2D eigenvalue weighted by Crippen LogP contribution is -2.39. The number of nitrogens with one attached hydrogen (secondary N) is 1. The van der Waals surface area contributed by atoms with Crippen molar-refractivity contribution in [3.63, 3.8) is 0 Å². The van der Waals surface area contributed by atoms with Gasteiger partial charge in [0.1, 0.15) is 0 Å². The van der Waals surface area contributed by atoms with Crippen LogP contribution in [0.1, 0.15) is 46.5 Å². The van der Waals surface area contributed by atoms with Gasteiger partial charge in [0.25, 0.3) is 0 Å². The molecule has 5 heteroatoms. The molecular weight excluding hydrogens is 222 g/mol. The zero-order valence-corrected chi connectivity index (χ0v) is 10.8. The standard InChI is InChI=1S/C12H23NO4/c1-4-9(14)8-13-10(15)7-12(5-2,6-3)11(16)17/h9,14H,4-8H2,1-3H3,(H,13,15)(H,16,17). The van der Waals surface area contributed by atoms with Crippen molar-refractivity contribution in [1.82, 2.24) is 5.32 Å². The van der Waals surface area contributed by atoms with Crippen molar-refractivity contribution in [2.45, 2.75) is 52.6 Å². The topological polar surface area (TPSA) is 86.6 Å². The molecule has 0 aliphatic rings. The van der Waals surface area contributed by atoms with Crippen LogP contribution in [-0.4, -0.2) is 34.7 Å². The monoisotopic (exact) mass is 245 g/mol. The highest BCUT2D eigenvalue weighted by Gasteiger charge is 2.37. The Morgan fingerprint density at radius 2 is 1.76 bits per heavy atom. The molecule has 0 bridgehead atoms. The van der Waals surface area contributed by atoms with E-state index in [0.717, 1.165) is 0 Å². The van der Waals surface area contributed by atoms with Crippen LogP contribution in [0.5, 0.6) is 0 Å². The van der Waals surface area contributed by atoms with Gasteiger partial charge in [0, 0.05) is 13.0 Å². The lowest BCUT2D eigenvalue weighted by Gasteiger charge is -2.26. The van der Waals surface area contributed by atoms with Gasteiger partial charge < -0.3 is 15.5 Å². The van der Waals surface area contributed by atoms with Gasteiger partial charge in [-0.15, -0.1) is 0 Å². The second-order valence-corrected chi connectivity index (χ2v) is 4.34. The summed E-state index contributed by atoms with van der Waals surface area (Å²) in [7, 11) is 0. The van der Waals surface area contributed by atoms with Crippen LogP contribution in [0.15, 0.2) is 0 Å². The Morgan fingerprint density at radius 3 is 2.12 bits per heavy atom. The van der Waals surface area contributed by atoms with Gasteiger partial charge in [-0.2, -0.15) is 0 Å². The molecule has 1 unspecified atom stereocenters. The molecule has 0 spiro atoms. The maximum absolute atomic E-state index is 11.6. The first kappa shape index (κ1) is 15.9. The Labute approximate surface area is 102 Å². The Bertz CT molecular complexity index is 261. The number of hydrogen-bond donors (Lipinski definition) is 3. The van der Waals surface area contributed by atoms with Crippen molar-refractivity contribution in [3.8, 4) is 0 Å². The molecule has 1 atom stereocenters. The number of rotatable bonds is 8. The summed E-state index contributed by atoms with van der Waals surface area (Å²) >= 11 is 0. The van der Waals surface area contributed by atoms with Gasteiger partial charge in [0.15, 0.2) is 0 Å². The van der Waals surface area contributed by atoms with E-state index in [1.54, 1.807) is 13.8 Å². The molecule has 0 fully saturated rings. The number of aliphatic hydroxyl groups excluding tert-OH is 1. The number of carboxylic acids is 1. The molecule has 100 valence electrons. The maximum Gasteiger partial charge on any atom is 0.310 e. The number of carbonyl (C=O) groups excluding carboxylic acids is 1. The summed E-state index contributed by atoms with van der Waals surface area (Å²) in [4.78, 5) is 22.8. The first-order chi connectivity index (χ1) is 7.91. The van der Waals surface area contributed by atoms with E-state index in [9.17, 15) is 14.7 Å². The molecule has 0 aliphatic heterocycles. The predicted octanol–water partition coefficient (Wildman–Crippen LogP) is 1.15. The van der Waals surface area contributed by atoms with Gasteiger partial charge in [-0.1, -0.05) is 20.8 Å². The van der Waals surface area contributed by atoms with Crippen LogP contribution in [0.2, 0.25) is 0 Å². The summed E-state index contributed by atoms with van der Waals surface area (Å²) in [6.07, 6.45) is 0.796. The lowest BCUT2D eigenvalue weighted by molar-refractivity contribution is -0.152. The molecule has 5 nitrogen and oxygen atoms in total. The second-order valence-electron chi connectivity index (χ2n) is 4.34. The number of aliphatic hydroxyl groups is 1. The first-order valence-corrected chi connectivity index (χ1v) is 6.10. The van der Waals surface area contributed by atoms with E-state index < -0.39 is 17.5 Å². The minimum Gasteiger partial charge on any atom is -0.481 e. The summed E-state index contributed by atoms with van der Waals surface area (Å²) in [5.74, 6) is -1.25. The third-order valence-electron chi connectivity index (χ3n) is 3.31. The third kappa shape index (κ3) is 4.73. The van der Waals surface area contributed by atoms with E-state index in [-0.39, 0.29) is 18.9 Å². The zero-order chi connectivity index (χ0) is 13.5. The number of hydrogen-bond acceptors (Lipinski definition) is 3. The van der Waals surface area contributed by atoms with Crippen LogP contribution in [0.4, 0.5) is 0 Å². The Balaban J connectivity index is 4.37. The molecule has 0 aromatic rings. The maximum atomic E-state index is 11.6. The van der Waals surface area contributed by atoms with Crippen molar-refractivity contribution in [1.29, 1.82) is 0 Å². The summed E-state index contributed by atoms with van der Waals surface area (Å²) in [5.41, 5.74) is -0.985. The quantitative estimate of drug-likeness (QED) is 0.599. The molecule has 0 radical (unpaired) electrons. The van der Waals surface area contributed by atoms with Crippen LogP contribution in [0.25, 0.3) is 0 Å². The van der Waals surface area contributed by atoms with E-state index in [0.29, 0.717) is 19.3 Å². The summed E-state index contributed by atoms with van der Waals surface area (Å²) in [5, 5.41) is 21.0. The van der Waals surface area contributed by atoms with Gasteiger partial charge in [-0.3, -0.25) is 9.59 Å². The van der Waals surface area contributed by atoms with Gasteiger partial charge in [0.05, 0.1) is 11.5 Å². The molecule has 0 heterocycles. The first-order valence-electron chi connectivity index (χ1n) is 6.10. The van der Waals surface area contributed by atoms with Crippen LogP contribution in [-0.2, 0) is 9.59 Å². The fourth-order valence-electron chi connectivity index (χ4n) is 1.62. The molecule has 0 rings (SSSR count). The fourth-order valence-corrected chi connectivity index (χ4v) is 1.62. The highest BCUT2D eigenvalue weighted by atomic mass is 16.4. The summed E-state index contributed by atoms with van der Waals surface area (Å²) in [6.45, 7) is 5.53. The molecule has 0 saturated carbocycles. The van der Waals surface area contributed by atoms with E-state index >= 15 is 0 Å². The van der Waals surface area contributed by atoms with E-state index in [1.807, 2.05) is 6.92 Å². The predicted molar refractivity (Wildman–Crippen MR) is 64.6 cm³/mol. The van der Waals surface area contributed by atoms with Crippen molar-refractivity contribution in [2.75, 3.05) is 6.54 Å². The molecule has 0 saturated heterocycles. The molecule has 1 amide bonds. The van der Waals surface area contributed by atoms with Crippen LogP contribution < -0.4 is 5.32 Å². The number of aliphatic carboxylic acids is 1. The van der Waals surface area contributed by atoms with E-state index in [4.69, 9.17) is 5.11 Å². The fraction of sp³-hybridized carbons (Fsp3) is 0.833. The molecule has 3 N–H and O–H groups in total. The Morgan fingerprint density at radius 1 is 1.24 bits per heavy atom. The minimum atomic E-state index is -0.985. The molecule has 17 heavy (non-hydrogen) atoms. The zero-order valence-electron chi connectivity index (χ0n) is 10.8. The average molecular weight is 245 g/mol. The SMILES string of the molecule is CCC(O)CNC(=O)CC(CC)(CC)C(=O)O. The summed E-state index contributed by atoms with van der Waals surface area (Å²) < 4.78 is 0. The van der Waals surface area contributed by atoms with Crippen LogP contribution in [0.3, 0.4) is 0 Å². The molecule has 0 aliphatic carbocycles. The van der Waals surface area contributed by atoms with Gasteiger partial charge in [-0.25, -0.2) is 0 Å². The smallest absolute Gasteiger partial charge is 0.310 e. The highest BCUT2D eigenvalue weighted by Crippen LogP contribution is 2.30. The average Bonchev–Trinajstić information content (AvgIpc) is 2.32. The number of carbonyl (C=O) groups is 2. The van der Waals surface area contributed by atoms with Crippen LogP contribution in [0, 0.1) is 5.41 Å². The van der Waals surface area contributed by atoms with Crippen molar-refractivity contribution in [2.24, 2.45) is 5.41 Å². The molecule has 0 aromatic heterocycles. The number of amides is 1. The van der Waals surface area contributed by atoms with Crippen molar-refractivity contribution < 1.29 is 19.8 Å². The summed E-state index contributed by atoms with van der Waals surface area (Å²) in [6, 6.07) is 0. The van der Waals surface area contributed by atoms with Crippen LogP contribution >= 0.6 is 0 Å². The van der Waals surface area contributed by atoms with Crippen molar-refractivity contribution >= 4 is 11.9 Å². The minimum absolute atomic E-state index is 0.0359. The second kappa shape index (κ2) is 7.27. The van der Waals surface area contributed by atoms with E-state index in [1.165, 1.54) is 0 Å². The number of carboxylic acid groups (broad SMARTS) is 1. The Hall–Kier alpha value is -1.10. The van der Waals surface area contributed by atoms with Gasteiger partial charge in [0.2, 0.25) is 5.91 Å². The third-order valence-corrected chi connectivity index (χ3v) is 3.31. The highest BCUT2D eigenvalue weighted by molar-refractivity contribution is 5.84. The Kier molecular flexibility index (Phi) is 6.80. The molecule has 0 aromatic carbocycles. The normalized spacial score (nSPS) is 13.2. The van der Waals surface area contributed by atoms with E-state index in [2.05, 4.69) is 5.32 Å².